The zero-order chi connectivity index (χ0) is 15.5. The molecule has 0 radical (unpaired) electrons. The standard InChI is InChI=1S/C18H17NO3/c1-21-16-9-13-10-18(20)19-15(14(13)11-17(16)22-2)8-12-6-4-3-5-7-12/h3-7,9,11H,8,10H2,1-2H3. The van der Waals surface area contributed by atoms with E-state index in [1.165, 1.54) is 0 Å². The van der Waals surface area contributed by atoms with Gasteiger partial charge < -0.3 is 9.47 Å². The topological polar surface area (TPSA) is 47.9 Å². The molecule has 0 aromatic heterocycles. The monoisotopic (exact) mass is 295 g/mol. The third kappa shape index (κ3) is 2.72. The van der Waals surface area contributed by atoms with Crippen molar-refractivity contribution in [2.24, 2.45) is 4.99 Å². The zero-order valence-electron chi connectivity index (χ0n) is 12.6. The minimum absolute atomic E-state index is 0.120. The van der Waals surface area contributed by atoms with Gasteiger partial charge in [0.15, 0.2) is 11.5 Å². The highest BCUT2D eigenvalue weighted by Gasteiger charge is 2.22. The first-order valence-corrected chi connectivity index (χ1v) is 7.11. The van der Waals surface area contributed by atoms with E-state index in [4.69, 9.17) is 9.47 Å². The second kappa shape index (κ2) is 6.02. The Morgan fingerprint density at radius 1 is 1.05 bits per heavy atom. The molecular weight excluding hydrogens is 278 g/mol. The summed E-state index contributed by atoms with van der Waals surface area (Å²) in [5, 5.41) is 0. The number of hydrogen-bond donors (Lipinski definition) is 0. The lowest BCUT2D eigenvalue weighted by Gasteiger charge is -2.19. The highest BCUT2D eigenvalue weighted by atomic mass is 16.5. The van der Waals surface area contributed by atoms with Crippen molar-refractivity contribution in [2.45, 2.75) is 12.8 Å². The first-order valence-electron chi connectivity index (χ1n) is 7.11. The Morgan fingerprint density at radius 3 is 2.41 bits per heavy atom. The summed E-state index contributed by atoms with van der Waals surface area (Å²) >= 11 is 0. The molecule has 0 spiro atoms. The van der Waals surface area contributed by atoms with E-state index in [-0.39, 0.29) is 5.91 Å². The summed E-state index contributed by atoms with van der Waals surface area (Å²) in [5.74, 6) is 1.16. The normalized spacial score (nSPS) is 13.4. The quantitative estimate of drug-likeness (QED) is 0.871. The van der Waals surface area contributed by atoms with Crippen molar-refractivity contribution in [3.05, 3.63) is 59.2 Å². The van der Waals surface area contributed by atoms with E-state index in [1.54, 1.807) is 14.2 Å². The number of rotatable bonds is 4. The van der Waals surface area contributed by atoms with Gasteiger partial charge in [-0.05, 0) is 23.3 Å². The van der Waals surface area contributed by atoms with Gasteiger partial charge in [-0.15, -0.1) is 0 Å². The fourth-order valence-electron chi connectivity index (χ4n) is 2.67. The number of amides is 1. The Labute approximate surface area is 129 Å². The molecule has 112 valence electrons. The summed E-state index contributed by atoms with van der Waals surface area (Å²) in [6, 6.07) is 13.8. The Balaban J connectivity index is 2.04. The van der Waals surface area contributed by atoms with Crippen LogP contribution in [0.25, 0.3) is 0 Å². The molecule has 2 aromatic rings. The Bertz CT molecular complexity index is 735. The number of ether oxygens (including phenoxy) is 2. The second-order valence-electron chi connectivity index (χ2n) is 5.16. The van der Waals surface area contributed by atoms with Crippen LogP contribution in [0.1, 0.15) is 16.7 Å². The molecule has 2 aromatic carbocycles. The molecule has 0 saturated carbocycles. The molecule has 3 rings (SSSR count). The highest BCUT2D eigenvalue weighted by Crippen LogP contribution is 2.33. The number of methoxy groups -OCH3 is 2. The molecule has 0 unspecified atom stereocenters. The molecule has 0 N–H and O–H groups in total. The van der Waals surface area contributed by atoms with Crippen LogP contribution in [0.5, 0.6) is 11.5 Å². The molecule has 0 saturated heterocycles. The van der Waals surface area contributed by atoms with Gasteiger partial charge in [0.2, 0.25) is 5.91 Å². The van der Waals surface area contributed by atoms with Crippen LogP contribution in [0.15, 0.2) is 47.5 Å². The van der Waals surface area contributed by atoms with Crippen molar-refractivity contribution >= 4 is 11.6 Å². The fraction of sp³-hybridized carbons (Fsp3) is 0.222. The van der Waals surface area contributed by atoms with Gasteiger partial charge >= 0.3 is 0 Å². The highest BCUT2D eigenvalue weighted by molar-refractivity contribution is 6.12. The van der Waals surface area contributed by atoms with Gasteiger partial charge in [0.05, 0.1) is 26.4 Å². The van der Waals surface area contributed by atoms with Crippen LogP contribution in [0.4, 0.5) is 0 Å². The molecule has 0 atom stereocenters. The van der Waals surface area contributed by atoms with E-state index in [1.807, 2.05) is 42.5 Å². The van der Waals surface area contributed by atoms with Crippen molar-refractivity contribution in [1.29, 1.82) is 0 Å². The van der Waals surface area contributed by atoms with Crippen LogP contribution >= 0.6 is 0 Å². The Hall–Kier alpha value is -2.62. The van der Waals surface area contributed by atoms with Gasteiger partial charge in [0.25, 0.3) is 0 Å². The maximum atomic E-state index is 11.9. The predicted octanol–water partition coefficient (Wildman–Crippen LogP) is 2.82. The third-order valence-corrected chi connectivity index (χ3v) is 3.74. The van der Waals surface area contributed by atoms with Gasteiger partial charge in [0, 0.05) is 12.0 Å². The second-order valence-corrected chi connectivity index (χ2v) is 5.16. The largest absolute Gasteiger partial charge is 0.493 e. The van der Waals surface area contributed by atoms with Gasteiger partial charge in [-0.1, -0.05) is 30.3 Å². The van der Waals surface area contributed by atoms with Crippen LogP contribution in [-0.2, 0) is 17.6 Å². The maximum absolute atomic E-state index is 11.9. The molecular formula is C18H17NO3. The Kier molecular flexibility index (Phi) is 3.92. The minimum Gasteiger partial charge on any atom is -0.493 e. The number of carbonyl (C=O) groups is 1. The molecule has 1 aliphatic rings. The zero-order valence-corrected chi connectivity index (χ0v) is 12.6. The summed E-state index contributed by atoms with van der Waals surface area (Å²) in [6.45, 7) is 0. The van der Waals surface area contributed by atoms with Gasteiger partial charge in [-0.25, -0.2) is 4.99 Å². The number of carbonyl (C=O) groups excluding carboxylic acids is 1. The molecule has 1 heterocycles. The molecule has 22 heavy (non-hydrogen) atoms. The van der Waals surface area contributed by atoms with E-state index in [2.05, 4.69) is 4.99 Å². The SMILES string of the molecule is COc1cc2c(cc1OC)C(Cc1ccccc1)=NC(=O)C2. The summed E-state index contributed by atoms with van der Waals surface area (Å²) in [5.41, 5.74) is 3.79. The molecule has 4 heteroatoms. The number of hydrogen-bond acceptors (Lipinski definition) is 3. The number of nitrogens with zero attached hydrogens (tertiary/aromatic N) is 1. The maximum Gasteiger partial charge on any atom is 0.250 e. The van der Waals surface area contributed by atoms with E-state index in [9.17, 15) is 4.79 Å². The number of aliphatic imine (C=N–C) groups is 1. The first kappa shape index (κ1) is 14.3. The lowest BCUT2D eigenvalue weighted by molar-refractivity contribution is -0.117. The summed E-state index contributed by atoms with van der Waals surface area (Å²) < 4.78 is 10.7. The molecule has 0 aliphatic carbocycles. The smallest absolute Gasteiger partial charge is 0.250 e. The third-order valence-electron chi connectivity index (χ3n) is 3.74. The van der Waals surface area contributed by atoms with Crippen molar-refractivity contribution in [3.63, 3.8) is 0 Å². The van der Waals surface area contributed by atoms with E-state index < -0.39 is 0 Å². The summed E-state index contributed by atoms with van der Waals surface area (Å²) in [4.78, 5) is 16.2. The number of benzene rings is 2. The first-order chi connectivity index (χ1) is 10.7. The van der Waals surface area contributed by atoms with Crippen LogP contribution in [0.2, 0.25) is 0 Å². The molecule has 0 fully saturated rings. The lowest BCUT2D eigenvalue weighted by atomic mass is 9.93. The van der Waals surface area contributed by atoms with E-state index in [0.29, 0.717) is 24.3 Å². The van der Waals surface area contributed by atoms with Gasteiger partial charge in [0.1, 0.15) is 0 Å². The fourth-order valence-corrected chi connectivity index (χ4v) is 2.67. The summed E-state index contributed by atoms with van der Waals surface area (Å²) in [7, 11) is 3.19. The van der Waals surface area contributed by atoms with Crippen molar-refractivity contribution < 1.29 is 14.3 Å². The number of fused-ring (bicyclic) bond motifs is 1. The molecule has 1 amide bonds. The van der Waals surface area contributed by atoms with Crippen molar-refractivity contribution in [2.75, 3.05) is 14.2 Å². The van der Waals surface area contributed by atoms with Gasteiger partial charge in [-0.2, -0.15) is 0 Å². The average Bonchev–Trinajstić information content (AvgIpc) is 2.54. The van der Waals surface area contributed by atoms with E-state index >= 15 is 0 Å². The minimum atomic E-state index is -0.120. The van der Waals surface area contributed by atoms with Gasteiger partial charge in [-0.3, -0.25) is 4.79 Å². The average molecular weight is 295 g/mol. The predicted molar refractivity (Wildman–Crippen MR) is 84.9 cm³/mol. The van der Waals surface area contributed by atoms with Crippen molar-refractivity contribution in [3.8, 4) is 11.5 Å². The van der Waals surface area contributed by atoms with E-state index in [0.717, 1.165) is 22.4 Å². The van der Waals surface area contributed by atoms with Crippen LogP contribution in [0.3, 0.4) is 0 Å². The van der Waals surface area contributed by atoms with Crippen LogP contribution < -0.4 is 9.47 Å². The summed E-state index contributed by atoms with van der Waals surface area (Å²) in [6.07, 6.45) is 0.920. The lowest BCUT2D eigenvalue weighted by Crippen LogP contribution is -2.19. The van der Waals surface area contributed by atoms with Crippen molar-refractivity contribution in [1.82, 2.24) is 0 Å². The molecule has 4 nitrogen and oxygen atoms in total. The molecule has 0 bridgehead atoms. The van der Waals surface area contributed by atoms with Crippen LogP contribution in [-0.4, -0.2) is 25.8 Å². The Morgan fingerprint density at radius 2 is 1.73 bits per heavy atom. The molecule has 1 aliphatic heterocycles. The van der Waals surface area contributed by atoms with Crippen LogP contribution in [0, 0.1) is 0 Å².